The highest BCUT2D eigenvalue weighted by molar-refractivity contribution is 5.92. The Balaban J connectivity index is 2.23. The number of hydrogen-bond acceptors (Lipinski definition) is 2. The van der Waals surface area contributed by atoms with Crippen molar-refractivity contribution >= 4 is 17.6 Å². The Bertz CT molecular complexity index is 459. The second kappa shape index (κ2) is 9.10. The van der Waals surface area contributed by atoms with Crippen LogP contribution in [-0.2, 0) is 4.79 Å². The van der Waals surface area contributed by atoms with Gasteiger partial charge < -0.3 is 10.4 Å². The predicted molar refractivity (Wildman–Crippen MR) is 80.3 cm³/mol. The van der Waals surface area contributed by atoms with Gasteiger partial charge in [0.2, 0.25) is 5.91 Å². The summed E-state index contributed by atoms with van der Waals surface area (Å²) in [4.78, 5) is 22.4. The van der Waals surface area contributed by atoms with Gasteiger partial charge in [-0.3, -0.25) is 4.79 Å². The first-order valence-electron chi connectivity index (χ1n) is 7.30. The number of carbonyl (C=O) groups is 2. The third kappa shape index (κ3) is 6.88. The summed E-state index contributed by atoms with van der Waals surface area (Å²) in [5.74, 6) is -1.10. The van der Waals surface area contributed by atoms with E-state index >= 15 is 0 Å². The molecule has 2 N–H and O–H groups in total. The van der Waals surface area contributed by atoms with Crippen LogP contribution >= 0.6 is 0 Å². The number of unbranched alkanes of at least 4 members (excludes halogenated alkanes) is 2. The highest BCUT2D eigenvalue weighted by atomic mass is 19.1. The van der Waals surface area contributed by atoms with Crippen molar-refractivity contribution in [3.8, 4) is 0 Å². The minimum Gasteiger partial charge on any atom is -0.478 e. The van der Waals surface area contributed by atoms with E-state index in [0.29, 0.717) is 24.9 Å². The number of hydrogen-bond donors (Lipinski definition) is 2. The maximum Gasteiger partial charge on any atom is 0.335 e. The number of carboxylic acid groups (broad SMARTS) is 1. The van der Waals surface area contributed by atoms with Gasteiger partial charge in [0.1, 0.15) is 0 Å². The first-order chi connectivity index (χ1) is 10.0. The zero-order valence-electron chi connectivity index (χ0n) is 12.3. The van der Waals surface area contributed by atoms with Crippen LogP contribution in [0.1, 0.15) is 55.8 Å². The normalized spacial score (nSPS) is 11.9. The Labute approximate surface area is 124 Å². The molecule has 0 aliphatic carbocycles. The lowest BCUT2D eigenvalue weighted by Crippen LogP contribution is -2.11. The molecule has 1 aromatic rings. The first kappa shape index (κ1) is 17.1. The molecule has 1 atom stereocenters. The minimum atomic E-state index is -0.994. The third-order valence-electron chi connectivity index (χ3n) is 3.28. The molecule has 4 nitrogen and oxygen atoms in total. The molecular weight excluding hydrogens is 273 g/mol. The number of aromatic carboxylic acids is 1. The highest BCUT2D eigenvalue weighted by Gasteiger charge is 2.06. The lowest BCUT2D eigenvalue weighted by atomic mass is 10.1. The molecule has 0 saturated carbocycles. The summed E-state index contributed by atoms with van der Waals surface area (Å²) in [6.07, 6.45) is 3.15. The molecule has 116 valence electrons. The highest BCUT2D eigenvalue weighted by Crippen LogP contribution is 2.13. The van der Waals surface area contributed by atoms with E-state index in [1.165, 1.54) is 12.1 Å². The molecule has 0 radical (unpaired) electrons. The lowest BCUT2D eigenvalue weighted by Gasteiger charge is -2.06. The second-order valence-electron chi connectivity index (χ2n) is 5.04. The summed E-state index contributed by atoms with van der Waals surface area (Å²) in [5.41, 5.74) is 0.768. The standard InChI is InChI=1S/C16H22FNO3/c1-2-13(17)6-4-3-5-7-15(19)18-14-10-8-12(9-11-14)16(20)21/h8-11,13H,2-7H2,1H3,(H,18,19)(H,20,21). The number of carbonyl (C=O) groups excluding carboxylic acids is 1. The molecule has 0 bridgehead atoms. The van der Waals surface area contributed by atoms with Gasteiger partial charge in [-0.05, 0) is 43.5 Å². The SMILES string of the molecule is CCC(F)CCCCCC(=O)Nc1ccc(C(=O)O)cc1. The van der Waals surface area contributed by atoms with Crippen LogP contribution in [0.2, 0.25) is 0 Å². The van der Waals surface area contributed by atoms with Crippen LogP contribution in [0.15, 0.2) is 24.3 Å². The average Bonchev–Trinajstić information content (AvgIpc) is 2.47. The number of amides is 1. The van der Waals surface area contributed by atoms with Crippen molar-refractivity contribution in [2.45, 2.75) is 51.6 Å². The van der Waals surface area contributed by atoms with Crippen molar-refractivity contribution in [1.29, 1.82) is 0 Å². The number of anilines is 1. The summed E-state index contributed by atoms with van der Waals surface area (Å²) in [6.45, 7) is 1.83. The Morgan fingerprint density at radius 3 is 2.43 bits per heavy atom. The van der Waals surface area contributed by atoms with Gasteiger partial charge >= 0.3 is 5.97 Å². The van der Waals surface area contributed by atoms with Crippen molar-refractivity contribution in [2.75, 3.05) is 5.32 Å². The molecule has 1 unspecified atom stereocenters. The molecule has 0 spiro atoms. The fourth-order valence-corrected chi connectivity index (χ4v) is 1.95. The van der Waals surface area contributed by atoms with E-state index in [4.69, 9.17) is 5.11 Å². The number of nitrogens with one attached hydrogen (secondary N) is 1. The minimum absolute atomic E-state index is 0.106. The van der Waals surface area contributed by atoms with Crippen LogP contribution in [-0.4, -0.2) is 23.2 Å². The van der Waals surface area contributed by atoms with Crippen molar-refractivity contribution < 1.29 is 19.1 Å². The van der Waals surface area contributed by atoms with Crippen LogP contribution < -0.4 is 5.32 Å². The first-order valence-corrected chi connectivity index (χ1v) is 7.30. The molecule has 0 aliphatic heterocycles. The summed E-state index contributed by atoms with van der Waals surface area (Å²) >= 11 is 0. The Morgan fingerprint density at radius 1 is 1.19 bits per heavy atom. The Hall–Kier alpha value is -1.91. The van der Waals surface area contributed by atoms with Crippen molar-refractivity contribution in [2.24, 2.45) is 0 Å². The van der Waals surface area contributed by atoms with Crippen LogP contribution in [0, 0.1) is 0 Å². The molecule has 0 saturated heterocycles. The van der Waals surface area contributed by atoms with E-state index in [1.54, 1.807) is 12.1 Å². The molecule has 0 aliphatic rings. The third-order valence-corrected chi connectivity index (χ3v) is 3.28. The molecule has 5 heteroatoms. The largest absolute Gasteiger partial charge is 0.478 e. The van der Waals surface area contributed by atoms with Gasteiger partial charge in [0.25, 0.3) is 0 Å². The second-order valence-corrected chi connectivity index (χ2v) is 5.04. The molecule has 21 heavy (non-hydrogen) atoms. The van der Waals surface area contributed by atoms with Crippen molar-refractivity contribution in [3.05, 3.63) is 29.8 Å². The molecule has 1 aromatic carbocycles. The smallest absolute Gasteiger partial charge is 0.335 e. The predicted octanol–water partition coefficient (Wildman–Crippen LogP) is 4.02. The summed E-state index contributed by atoms with van der Waals surface area (Å²) in [7, 11) is 0. The number of benzene rings is 1. The van der Waals surface area contributed by atoms with E-state index in [1.807, 2.05) is 6.92 Å². The van der Waals surface area contributed by atoms with Gasteiger partial charge in [-0.25, -0.2) is 9.18 Å². The molecule has 0 fully saturated rings. The fraction of sp³-hybridized carbons (Fsp3) is 0.500. The molecule has 1 amide bonds. The molecule has 0 aromatic heterocycles. The summed E-state index contributed by atoms with van der Waals surface area (Å²) in [6, 6.07) is 6.03. The van der Waals surface area contributed by atoms with E-state index in [9.17, 15) is 14.0 Å². The molecule has 0 heterocycles. The van der Waals surface area contributed by atoms with Gasteiger partial charge in [-0.2, -0.15) is 0 Å². The van der Waals surface area contributed by atoms with Crippen LogP contribution in [0.3, 0.4) is 0 Å². The number of carboxylic acids is 1. The van der Waals surface area contributed by atoms with Gasteiger partial charge in [0, 0.05) is 12.1 Å². The maximum atomic E-state index is 13.0. The van der Waals surface area contributed by atoms with E-state index < -0.39 is 12.1 Å². The lowest BCUT2D eigenvalue weighted by molar-refractivity contribution is -0.116. The van der Waals surface area contributed by atoms with Crippen molar-refractivity contribution in [3.63, 3.8) is 0 Å². The monoisotopic (exact) mass is 295 g/mol. The summed E-state index contributed by atoms with van der Waals surface area (Å²) < 4.78 is 13.0. The quantitative estimate of drug-likeness (QED) is 0.676. The van der Waals surface area contributed by atoms with E-state index in [-0.39, 0.29) is 11.5 Å². The van der Waals surface area contributed by atoms with Crippen molar-refractivity contribution in [1.82, 2.24) is 0 Å². The van der Waals surface area contributed by atoms with Crippen LogP contribution in [0.4, 0.5) is 10.1 Å². The van der Waals surface area contributed by atoms with E-state index in [0.717, 1.165) is 19.3 Å². The zero-order valence-corrected chi connectivity index (χ0v) is 12.3. The Kier molecular flexibility index (Phi) is 7.43. The van der Waals surface area contributed by atoms with Gasteiger partial charge in [0.15, 0.2) is 0 Å². The number of alkyl halides is 1. The summed E-state index contributed by atoms with van der Waals surface area (Å²) in [5, 5.41) is 11.5. The molecular formula is C16H22FNO3. The average molecular weight is 295 g/mol. The fourth-order valence-electron chi connectivity index (χ4n) is 1.95. The number of rotatable bonds is 9. The van der Waals surface area contributed by atoms with Crippen LogP contribution in [0.25, 0.3) is 0 Å². The van der Waals surface area contributed by atoms with Gasteiger partial charge in [0.05, 0.1) is 11.7 Å². The van der Waals surface area contributed by atoms with Gasteiger partial charge in [-0.1, -0.05) is 19.8 Å². The Morgan fingerprint density at radius 2 is 1.86 bits per heavy atom. The number of halogens is 1. The van der Waals surface area contributed by atoms with E-state index in [2.05, 4.69) is 5.32 Å². The zero-order chi connectivity index (χ0) is 15.7. The van der Waals surface area contributed by atoms with Gasteiger partial charge in [-0.15, -0.1) is 0 Å². The van der Waals surface area contributed by atoms with Crippen LogP contribution in [0.5, 0.6) is 0 Å². The molecule has 1 rings (SSSR count). The maximum absolute atomic E-state index is 13.0. The topological polar surface area (TPSA) is 66.4 Å².